The molecule has 0 spiro atoms. The quantitative estimate of drug-likeness (QED) is 0.264. The average Bonchev–Trinajstić information content (AvgIpc) is 3.77. The molecular formula is C32H29N7O3S. The summed E-state index contributed by atoms with van der Waals surface area (Å²) in [6.45, 7) is 0.244. The van der Waals surface area contributed by atoms with E-state index in [-0.39, 0.29) is 17.3 Å². The number of H-pyrrole nitrogens is 2. The fraction of sp³-hybridized carbons (Fsp3) is 0.188. The highest BCUT2D eigenvalue weighted by Gasteiger charge is 2.51. The molecule has 3 aromatic carbocycles. The highest BCUT2D eigenvalue weighted by Crippen LogP contribution is 2.48. The fourth-order valence-corrected chi connectivity index (χ4v) is 6.58. The predicted octanol–water partition coefficient (Wildman–Crippen LogP) is 4.19. The van der Waals surface area contributed by atoms with E-state index in [0.717, 1.165) is 39.3 Å². The molecule has 0 saturated carbocycles. The lowest BCUT2D eigenvalue weighted by atomic mass is 9.74. The number of rotatable bonds is 9. The largest absolute Gasteiger partial charge is 0.351 e. The van der Waals surface area contributed by atoms with Gasteiger partial charge in [-0.25, -0.2) is 22.7 Å². The standard InChI is InChI=1S/C32H29N7O3S/c1-38(2)43(41,42)28-10-5-23(6-11-28)19-39-30-13-25(24-7-3-22(16-33)4-8-24)9-12-29(30)32(31(39)40,14-26-17-34-20-36-26)15-27-18-35-21-37-27/h3-13,17-18,20-21H,14-15,19H2,1-2H3,(H,34,36)(H,35,37). The summed E-state index contributed by atoms with van der Waals surface area (Å²) in [5.74, 6) is -0.0875. The van der Waals surface area contributed by atoms with Crippen LogP contribution in [0.15, 0.2) is 96.7 Å². The molecule has 6 rings (SSSR count). The summed E-state index contributed by atoms with van der Waals surface area (Å²) in [6.07, 6.45) is 7.54. The number of sulfonamides is 1. The summed E-state index contributed by atoms with van der Waals surface area (Å²) in [7, 11) is -0.600. The Bertz CT molecular complexity index is 1870. The van der Waals surface area contributed by atoms with E-state index in [1.807, 2.05) is 30.3 Å². The number of hydrogen-bond donors (Lipinski definition) is 2. The Labute approximate surface area is 249 Å². The normalized spacial score (nSPS) is 14.2. The van der Waals surface area contributed by atoms with Crippen LogP contribution >= 0.6 is 0 Å². The second kappa shape index (κ2) is 11.0. The number of aromatic amines is 2. The molecule has 1 amide bonds. The van der Waals surface area contributed by atoms with Gasteiger partial charge in [-0.15, -0.1) is 0 Å². The van der Waals surface area contributed by atoms with Gasteiger partial charge in [0.05, 0.1) is 52.5 Å². The van der Waals surface area contributed by atoms with Crippen LogP contribution in [0.1, 0.15) is 28.1 Å². The molecule has 0 unspecified atom stereocenters. The van der Waals surface area contributed by atoms with Gasteiger partial charge >= 0.3 is 0 Å². The highest BCUT2D eigenvalue weighted by molar-refractivity contribution is 7.89. The molecule has 0 atom stereocenters. The number of carbonyl (C=O) groups is 1. The molecule has 2 N–H and O–H groups in total. The summed E-state index contributed by atoms with van der Waals surface area (Å²) < 4.78 is 26.4. The van der Waals surface area contributed by atoms with Crippen LogP contribution in [0, 0.1) is 11.3 Å². The maximum atomic E-state index is 14.7. The van der Waals surface area contributed by atoms with Gasteiger partial charge in [0.15, 0.2) is 0 Å². The van der Waals surface area contributed by atoms with Crippen LogP contribution in [0.2, 0.25) is 0 Å². The molecule has 216 valence electrons. The van der Waals surface area contributed by atoms with E-state index < -0.39 is 15.4 Å². The van der Waals surface area contributed by atoms with Crippen molar-refractivity contribution in [2.45, 2.75) is 29.7 Å². The lowest BCUT2D eigenvalue weighted by Gasteiger charge is -2.28. The van der Waals surface area contributed by atoms with Gasteiger partial charge in [-0.1, -0.05) is 36.4 Å². The molecule has 11 heteroatoms. The molecule has 3 heterocycles. The number of carbonyl (C=O) groups excluding carboxylic acids is 1. The van der Waals surface area contributed by atoms with E-state index in [2.05, 4.69) is 26.0 Å². The van der Waals surface area contributed by atoms with Crippen molar-refractivity contribution in [3.05, 3.63) is 120 Å². The molecule has 0 fully saturated rings. The van der Waals surface area contributed by atoms with Gasteiger partial charge in [0.25, 0.3) is 0 Å². The number of hydrogen-bond acceptors (Lipinski definition) is 6. The molecule has 2 aromatic heterocycles. The van der Waals surface area contributed by atoms with E-state index in [1.165, 1.54) is 18.4 Å². The summed E-state index contributed by atoms with van der Waals surface area (Å²) >= 11 is 0. The third-order valence-corrected chi connectivity index (χ3v) is 9.75. The van der Waals surface area contributed by atoms with Crippen LogP contribution in [0.5, 0.6) is 0 Å². The van der Waals surface area contributed by atoms with Crippen molar-refractivity contribution in [2.24, 2.45) is 0 Å². The Kier molecular flexibility index (Phi) is 7.17. The van der Waals surface area contributed by atoms with Gasteiger partial charge in [0.2, 0.25) is 15.9 Å². The first-order chi connectivity index (χ1) is 20.7. The first kappa shape index (κ1) is 28.1. The van der Waals surface area contributed by atoms with Gasteiger partial charge in [0, 0.05) is 45.0 Å². The number of imidazole rings is 2. The number of aromatic nitrogens is 4. The van der Waals surface area contributed by atoms with Crippen molar-refractivity contribution in [3.63, 3.8) is 0 Å². The van der Waals surface area contributed by atoms with Crippen molar-refractivity contribution in [1.29, 1.82) is 5.26 Å². The van der Waals surface area contributed by atoms with Gasteiger partial charge in [-0.2, -0.15) is 5.26 Å². The van der Waals surface area contributed by atoms with Crippen LogP contribution in [0.4, 0.5) is 5.69 Å². The van der Waals surface area contributed by atoms with Crippen molar-refractivity contribution in [1.82, 2.24) is 24.2 Å². The number of benzene rings is 3. The fourth-order valence-electron chi connectivity index (χ4n) is 5.67. The third-order valence-electron chi connectivity index (χ3n) is 7.92. The predicted molar refractivity (Wildman–Crippen MR) is 161 cm³/mol. The van der Waals surface area contributed by atoms with Gasteiger partial charge in [0.1, 0.15) is 0 Å². The van der Waals surface area contributed by atoms with E-state index in [0.29, 0.717) is 18.4 Å². The van der Waals surface area contributed by atoms with E-state index in [4.69, 9.17) is 0 Å². The van der Waals surface area contributed by atoms with Crippen molar-refractivity contribution < 1.29 is 13.2 Å². The maximum absolute atomic E-state index is 14.7. The smallest absolute Gasteiger partial charge is 0.242 e. The lowest BCUT2D eigenvalue weighted by molar-refractivity contribution is -0.123. The van der Waals surface area contributed by atoms with Crippen molar-refractivity contribution in [3.8, 4) is 17.2 Å². The molecule has 1 aliphatic heterocycles. The Balaban J connectivity index is 1.46. The minimum absolute atomic E-state index is 0.0875. The first-order valence-corrected chi connectivity index (χ1v) is 15.1. The topological polar surface area (TPSA) is 139 Å². The van der Waals surface area contributed by atoms with Crippen LogP contribution in [0.3, 0.4) is 0 Å². The molecular weight excluding hydrogens is 562 g/mol. The Morgan fingerprint density at radius 3 is 2.02 bits per heavy atom. The van der Waals surface area contributed by atoms with Crippen molar-refractivity contribution >= 4 is 21.6 Å². The summed E-state index contributed by atoms with van der Waals surface area (Å²) in [6, 6.07) is 22.1. The van der Waals surface area contributed by atoms with Crippen LogP contribution in [-0.2, 0) is 39.6 Å². The summed E-state index contributed by atoms with van der Waals surface area (Å²) in [5.41, 5.74) is 5.35. The molecule has 5 aromatic rings. The van der Waals surface area contributed by atoms with Crippen LogP contribution in [-0.4, -0.2) is 52.7 Å². The second-order valence-corrected chi connectivity index (χ2v) is 13.0. The molecule has 1 aliphatic rings. The zero-order valence-corrected chi connectivity index (χ0v) is 24.5. The van der Waals surface area contributed by atoms with E-state index in [1.54, 1.807) is 66.3 Å². The number of fused-ring (bicyclic) bond motifs is 1. The molecule has 0 radical (unpaired) electrons. The first-order valence-electron chi connectivity index (χ1n) is 13.6. The Morgan fingerprint density at radius 2 is 1.49 bits per heavy atom. The number of nitrogens with zero attached hydrogens (tertiary/aromatic N) is 5. The monoisotopic (exact) mass is 591 g/mol. The third kappa shape index (κ3) is 5.11. The molecule has 0 bridgehead atoms. The minimum Gasteiger partial charge on any atom is -0.351 e. The van der Waals surface area contributed by atoms with Crippen LogP contribution in [0.25, 0.3) is 11.1 Å². The number of nitrogens with one attached hydrogen (secondary N) is 2. The van der Waals surface area contributed by atoms with Crippen LogP contribution < -0.4 is 4.90 Å². The molecule has 43 heavy (non-hydrogen) atoms. The van der Waals surface area contributed by atoms with Gasteiger partial charge in [-0.3, -0.25) is 4.79 Å². The summed E-state index contributed by atoms with van der Waals surface area (Å²) in [4.78, 5) is 31.6. The van der Waals surface area contributed by atoms with Gasteiger partial charge < -0.3 is 14.9 Å². The minimum atomic E-state index is -3.59. The van der Waals surface area contributed by atoms with Gasteiger partial charge in [-0.05, 0) is 52.6 Å². The summed E-state index contributed by atoms with van der Waals surface area (Å²) in [5, 5.41) is 9.24. The van der Waals surface area contributed by atoms with Crippen molar-refractivity contribution in [2.75, 3.05) is 19.0 Å². The second-order valence-electron chi connectivity index (χ2n) is 10.8. The molecule has 10 nitrogen and oxygen atoms in total. The average molecular weight is 592 g/mol. The van der Waals surface area contributed by atoms with E-state index in [9.17, 15) is 18.5 Å². The highest BCUT2D eigenvalue weighted by atomic mass is 32.2. The number of anilines is 1. The molecule has 0 aliphatic carbocycles. The zero-order valence-electron chi connectivity index (χ0n) is 23.7. The number of amides is 1. The molecule has 0 saturated heterocycles. The SMILES string of the molecule is CN(C)S(=O)(=O)c1ccc(CN2C(=O)C(Cc3c[nH]cn3)(Cc3c[nH]cn3)c3ccc(-c4ccc(C#N)cc4)cc32)cc1. The Morgan fingerprint density at radius 1 is 0.884 bits per heavy atom. The Hall–Kier alpha value is -5.05. The maximum Gasteiger partial charge on any atom is 0.242 e. The zero-order chi connectivity index (χ0) is 30.2. The lowest BCUT2D eigenvalue weighted by Crippen LogP contribution is -2.43. The number of nitriles is 1. The van der Waals surface area contributed by atoms with E-state index >= 15 is 0 Å².